The minimum Gasteiger partial charge on any atom is -0.347 e. The van der Waals surface area contributed by atoms with E-state index in [1.54, 1.807) is 0 Å². The van der Waals surface area contributed by atoms with Crippen LogP contribution in [-0.2, 0) is 15.9 Å². The lowest BCUT2D eigenvalue weighted by atomic mass is 9.99. The first kappa shape index (κ1) is 17.1. The average Bonchev–Trinajstić information content (AvgIpc) is 3.21. The molecule has 1 N–H and O–H groups in total. The summed E-state index contributed by atoms with van der Waals surface area (Å²) in [6.45, 7) is 1.40. The SMILES string of the molecule is c1ccc(Cc2cccc3[nH]nc(-c4cccc(C5OCCCO5)n4)c23)cc1. The lowest BCUT2D eigenvalue weighted by Gasteiger charge is -2.22. The van der Waals surface area contributed by atoms with E-state index in [0.29, 0.717) is 13.2 Å². The molecule has 28 heavy (non-hydrogen) atoms. The number of pyridine rings is 1. The number of nitrogens with zero attached hydrogens (tertiary/aromatic N) is 2. The molecule has 0 aliphatic carbocycles. The normalized spacial score (nSPS) is 15.1. The highest BCUT2D eigenvalue weighted by molar-refractivity contribution is 5.94. The molecule has 1 aliphatic rings. The van der Waals surface area contributed by atoms with Crippen molar-refractivity contribution in [2.75, 3.05) is 13.2 Å². The van der Waals surface area contributed by atoms with E-state index in [9.17, 15) is 0 Å². The second-order valence-corrected chi connectivity index (χ2v) is 6.95. The number of fused-ring (bicyclic) bond motifs is 1. The quantitative estimate of drug-likeness (QED) is 0.567. The monoisotopic (exact) mass is 371 g/mol. The minimum absolute atomic E-state index is 0.400. The number of H-pyrrole nitrogens is 1. The van der Waals surface area contributed by atoms with Gasteiger partial charge in [0.25, 0.3) is 0 Å². The van der Waals surface area contributed by atoms with Crippen molar-refractivity contribution in [2.45, 2.75) is 19.1 Å². The second-order valence-electron chi connectivity index (χ2n) is 6.95. The summed E-state index contributed by atoms with van der Waals surface area (Å²) in [5, 5.41) is 8.86. The van der Waals surface area contributed by atoms with E-state index in [-0.39, 0.29) is 0 Å². The molecule has 0 atom stereocenters. The van der Waals surface area contributed by atoms with Crippen molar-refractivity contribution in [3.8, 4) is 11.4 Å². The fourth-order valence-electron chi connectivity index (χ4n) is 3.67. The number of hydrogen-bond donors (Lipinski definition) is 1. The maximum absolute atomic E-state index is 5.71. The molecule has 0 amide bonds. The molecule has 1 aliphatic heterocycles. The Kier molecular flexibility index (Phi) is 4.61. The highest BCUT2D eigenvalue weighted by Gasteiger charge is 2.20. The topological polar surface area (TPSA) is 60.0 Å². The van der Waals surface area contributed by atoms with E-state index in [1.807, 2.05) is 24.3 Å². The number of rotatable bonds is 4. The lowest BCUT2D eigenvalue weighted by Crippen LogP contribution is -2.18. The number of ether oxygens (including phenoxy) is 2. The van der Waals surface area contributed by atoms with Crippen LogP contribution in [0.3, 0.4) is 0 Å². The van der Waals surface area contributed by atoms with Gasteiger partial charge in [-0.05, 0) is 42.2 Å². The van der Waals surface area contributed by atoms with Gasteiger partial charge in [0.2, 0.25) is 6.29 Å². The van der Waals surface area contributed by atoms with Gasteiger partial charge in [0.1, 0.15) is 5.69 Å². The number of aromatic nitrogens is 3. The molecule has 140 valence electrons. The first-order valence-corrected chi connectivity index (χ1v) is 9.59. The zero-order valence-corrected chi connectivity index (χ0v) is 15.5. The van der Waals surface area contributed by atoms with Gasteiger partial charge in [0, 0.05) is 5.39 Å². The van der Waals surface area contributed by atoms with Gasteiger partial charge >= 0.3 is 0 Å². The highest BCUT2D eigenvalue weighted by atomic mass is 16.7. The van der Waals surface area contributed by atoms with Crippen molar-refractivity contribution in [2.24, 2.45) is 0 Å². The zero-order valence-electron chi connectivity index (χ0n) is 15.5. The van der Waals surface area contributed by atoms with Crippen molar-refractivity contribution in [3.63, 3.8) is 0 Å². The molecular formula is C23H21N3O2. The first-order valence-electron chi connectivity index (χ1n) is 9.59. The molecule has 0 spiro atoms. The van der Waals surface area contributed by atoms with Crippen molar-refractivity contribution in [1.29, 1.82) is 0 Å². The minimum atomic E-state index is -0.400. The van der Waals surface area contributed by atoms with Crippen LogP contribution in [-0.4, -0.2) is 28.4 Å². The van der Waals surface area contributed by atoms with Gasteiger partial charge in [-0.1, -0.05) is 48.5 Å². The molecule has 5 rings (SSSR count). The van der Waals surface area contributed by atoms with Crippen LogP contribution in [0.25, 0.3) is 22.3 Å². The van der Waals surface area contributed by atoms with Gasteiger partial charge in [-0.2, -0.15) is 5.10 Å². The molecule has 2 aromatic heterocycles. The Bertz CT molecular complexity index is 1090. The molecule has 2 aromatic carbocycles. The van der Waals surface area contributed by atoms with Crippen LogP contribution in [0.2, 0.25) is 0 Å². The third-order valence-electron chi connectivity index (χ3n) is 4.99. The molecule has 0 radical (unpaired) electrons. The van der Waals surface area contributed by atoms with E-state index in [4.69, 9.17) is 14.5 Å². The number of nitrogens with one attached hydrogen (secondary N) is 1. The van der Waals surface area contributed by atoms with Gasteiger partial charge in [0.05, 0.1) is 30.1 Å². The Morgan fingerprint density at radius 1 is 0.893 bits per heavy atom. The smallest absolute Gasteiger partial charge is 0.201 e. The molecular weight excluding hydrogens is 350 g/mol. The zero-order chi connectivity index (χ0) is 18.8. The van der Waals surface area contributed by atoms with Crippen LogP contribution in [0.15, 0.2) is 66.7 Å². The Morgan fingerprint density at radius 3 is 2.57 bits per heavy atom. The maximum atomic E-state index is 5.71. The van der Waals surface area contributed by atoms with E-state index in [2.05, 4.69) is 52.7 Å². The van der Waals surface area contributed by atoms with Crippen LogP contribution in [0.5, 0.6) is 0 Å². The Morgan fingerprint density at radius 2 is 1.71 bits per heavy atom. The molecule has 1 saturated heterocycles. The summed E-state index contributed by atoms with van der Waals surface area (Å²) in [7, 11) is 0. The Balaban J connectivity index is 1.56. The van der Waals surface area contributed by atoms with Gasteiger partial charge in [0.15, 0.2) is 0 Å². The van der Waals surface area contributed by atoms with Gasteiger partial charge < -0.3 is 9.47 Å². The molecule has 4 aromatic rings. The van der Waals surface area contributed by atoms with Crippen LogP contribution >= 0.6 is 0 Å². The third kappa shape index (κ3) is 3.30. The van der Waals surface area contributed by atoms with E-state index in [0.717, 1.165) is 40.8 Å². The fraction of sp³-hybridized carbons (Fsp3) is 0.217. The molecule has 0 bridgehead atoms. The van der Waals surface area contributed by atoms with E-state index < -0.39 is 6.29 Å². The van der Waals surface area contributed by atoms with Crippen molar-refractivity contribution in [3.05, 3.63) is 83.6 Å². The number of benzene rings is 2. The second kappa shape index (κ2) is 7.54. The van der Waals surface area contributed by atoms with Gasteiger partial charge in [-0.15, -0.1) is 0 Å². The van der Waals surface area contributed by atoms with Crippen LogP contribution in [0, 0.1) is 0 Å². The summed E-state index contributed by atoms with van der Waals surface area (Å²) >= 11 is 0. The summed E-state index contributed by atoms with van der Waals surface area (Å²) in [6, 6.07) is 22.7. The van der Waals surface area contributed by atoms with E-state index in [1.165, 1.54) is 11.1 Å². The predicted octanol–water partition coefficient (Wildman–Crippen LogP) is 4.65. The molecule has 5 heteroatoms. The van der Waals surface area contributed by atoms with Crippen molar-refractivity contribution < 1.29 is 9.47 Å². The van der Waals surface area contributed by atoms with Crippen LogP contribution < -0.4 is 0 Å². The molecule has 1 fully saturated rings. The van der Waals surface area contributed by atoms with Crippen molar-refractivity contribution in [1.82, 2.24) is 15.2 Å². The summed E-state index contributed by atoms with van der Waals surface area (Å²) < 4.78 is 11.4. The van der Waals surface area contributed by atoms with Crippen LogP contribution in [0.1, 0.15) is 29.5 Å². The highest BCUT2D eigenvalue weighted by Crippen LogP contribution is 2.31. The van der Waals surface area contributed by atoms with Crippen molar-refractivity contribution >= 4 is 10.9 Å². The number of aromatic amines is 1. The average molecular weight is 371 g/mol. The Hall–Kier alpha value is -3.02. The third-order valence-corrected chi connectivity index (χ3v) is 4.99. The molecule has 5 nitrogen and oxygen atoms in total. The Labute approximate surface area is 163 Å². The predicted molar refractivity (Wildman–Crippen MR) is 108 cm³/mol. The standard InChI is InChI=1S/C23H21N3O2/c1-2-7-16(8-3-1)15-17-9-4-10-18-21(17)22(26-25-18)19-11-5-12-20(24-19)23-27-13-6-14-28-23/h1-5,7-12,23H,6,13-15H2,(H,25,26). The molecule has 0 unspecified atom stereocenters. The summed E-state index contributed by atoms with van der Waals surface area (Å²) in [5.41, 5.74) is 5.98. The van der Waals surface area contributed by atoms with Gasteiger partial charge in [-0.25, -0.2) is 4.98 Å². The van der Waals surface area contributed by atoms with Crippen LogP contribution in [0.4, 0.5) is 0 Å². The van der Waals surface area contributed by atoms with Gasteiger partial charge in [-0.3, -0.25) is 5.10 Å². The summed E-state index contributed by atoms with van der Waals surface area (Å²) in [4.78, 5) is 4.80. The first-order chi connectivity index (χ1) is 13.9. The maximum Gasteiger partial charge on any atom is 0.201 e. The summed E-state index contributed by atoms with van der Waals surface area (Å²) in [6.07, 6.45) is 1.37. The number of hydrogen-bond acceptors (Lipinski definition) is 4. The molecule has 0 saturated carbocycles. The summed E-state index contributed by atoms with van der Waals surface area (Å²) in [5.74, 6) is 0. The molecule has 3 heterocycles. The lowest BCUT2D eigenvalue weighted by molar-refractivity contribution is -0.185. The fourth-order valence-corrected chi connectivity index (χ4v) is 3.67. The van der Waals surface area contributed by atoms with E-state index >= 15 is 0 Å². The largest absolute Gasteiger partial charge is 0.347 e.